The number of hydrogen-bond donors (Lipinski definition) is 2. The second-order valence-corrected chi connectivity index (χ2v) is 7.59. The maximum Gasteiger partial charge on any atom is 0.267 e. The molecule has 1 heterocycles. The number of pyridine rings is 1. The quantitative estimate of drug-likeness (QED) is 0.625. The average molecular weight is 424 g/mol. The summed E-state index contributed by atoms with van der Waals surface area (Å²) in [4.78, 5) is 37.4. The van der Waals surface area contributed by atoms with Crippen molar-refractivity contribution in [3.8, 4) is 5.69 Å². The Morgan fingerprint density at radius 1 is 0.933 bits per heavy atom. The fourth-order valence-corrected chi connectivity index (χ4v) is 3.03. The first-order valence-corrected chi connectivity index (χ1v) is 9.91. The summed E-state index contributed by atoms with van der Waals surface area (Å²) in [5.41, 5.74) is 1.18. The molecule has 0 radical (unpaired) electrons. The lowest BCUT2D eigenvalue weighted by atomic mass is 10.2. The van der Waals surface area contributed by atoms with Crippen molar-refractivity contribution in [1.82, 2.24) is 9.88 Å². The molecule has 0 fully saturated rings. The number of nitrogens with zero attached hydrogens (tertiary/aromatic N) is 1. The Bertz CT molecular complexity index is 1120. The molecular weight excluding hydrogens is 402 g/mol. The highest BCUT2D eigenvalue weighted by Gasteiger charge is 2.14. The van der Waals surface area contributed by atoms with E-state index in [1.807, 2.05) is 13.8 Å². The number of hydrogen-bond acceptors (Lipinski definition) is 3. The van der Waals surface area contributed by atoms with Crippen molar-refractivity contribution in [2.75, 3.05) is 11.9 Å². The largest absolute Gasteiger partial charge is 0.352 e. The molecule has 2 aromatic carbocycles. The van der Waals surface area contributed by atoms with Crippen molar-refractivity contribution in [2.45, 2.75) is 13.8 Å². The van der Waals surface area contributed by atoms with Gasteiger partial charge in [-0.25, -0.2) is 0 Å². The van der Waals surface area contributed by atoms with E-state index in [-0.39, 0.29) is 17.4 Å². The molecule has 6 nitrogen and oxygen atoms in total. The molecule has 30 heavy (non-hydrogen) atoms. The van der Waals surface area contributed by atoms with Gasteiger partial charge >= 0.3 is 0 Å². The highest BCUT2D eigenvalue weighted by Crippen LogP contribution is 2.18. The third kappa shape index (κ3) is 4.96. The number of aromatic nitrogens is 1. The van der Waals surface area contributed by atoms with E-state index in [2.05, 4.69) is 10.6 Å². The molecule has 7 heteroatoms. The van der Waals surface area contributed by atoms with Crippen molar-refractivity contribution in [3.05, 3.63) is 93.4 Å². The van der Waals surface area contributed by atoms with E-state index in [1.165, 1.54) is 10.6 Å². The molecule has 0 saturated carbocycles. The first kappa shape index (κ1) is 21.3. The summed E-state index contributed by atoms with van der Waals surface area (Å²) in [5.74, 6) is -0.436. The van der Waals surface area contributed by atoms with Crippen LogP contribution in [0.25, 0.3) is 5.69 Å². The van der Waals surface area contributed by atoms with Crippen LogP contribution in [0.3, 0.4) is 0 Å². The lowest BCUT2D eigenvalue weighted by Crippen LogP contribution is -2.34. The predicted molar refractivity (Wildman–Crippen MR) is 119 cm³/mol. The summed E-state index contributed by atoms with van der Waals surface area (Å²) in [6.45, 7) is 4.46. The molecular formula is C23H22ClN3O3. The number of halogens is 1. The van der Waals surface area contributed by atoms with Crippen molar-refractivity contribution in [1.29, 1.82) is 0 Å². The SMILES string of the molecule is CC(C)CNC(=O)c1cccn(-c2ccc(NC(=O)c3ccccc3Cl)cc2)c1=O. The molecule has 0 aliphatic carbocycles. The molecule has 3 rings (SSSR count). The second-order valence-electron chi connectivity index (χ2n) is 7.18. The van der Waals surface area contributed by atoms with Crippen LogP contribution in [0.5, 0.6) is 0 Å². The molecule has 0 unspecified atom stereocenters. The van der Waals surface area contributed by atoms with E-state index in [1.54, 1.807) is 60.8 Å². The van der Waals surface area contributed by atoms with Crippen LogP contribution in [-0.4, -0.2) is 22.9 Å². The smallest absolute Gasteiger partial charge is 0.267 e. The number of benzene rings is 2. The summed E-state index contributed by atoms with van der Waals surface area (Å²) in [6, 6.07) is 16.7. The van der Waals surface area contributed by atoms with Gasteiger partial charge < -0.3 is 10.6 Å². The zero-order valence-electron chi connectivity index (χ0n) is 16.7. The number of amides is 2. The van der Waals surface area contributed by atoms with E-state index < -0.39 is 11.5 Å². The van der Waals surface area contributed by atoms with Gasteiger partial charge in [0.15, 0.2) is 0 Å². The Kier molecular flexibility index (Phi) is 6.69. The number of carbonyl (C=O) groups excluding carboxylic acids is 2. The minimum absolute atomic E-state index is 0.0780. The van der Waals surface area contributed by atoms with E-state index in [0.717, 1.165) is 0 Å². The Morgan fingerprint density at radius 2 is 1.60 bits per heavy atom. The fourth-order valence-electron chi connectivity index (χ4n) is 2.81. The molecule has 1 aromatic heterocycles. The van der Waals surface area contributed by atoms with E-state index in [0.29, 0.717) is 28.5 Å². The summed E-state index contributed by atoms with van der Waals surface area (Å²) in [7, 11) is 0. The summed E-state index contributed by atoms with van der Waals surface area (Å²) in [6.07, 6.45) is 1.60. The molecule has 0 atom stereocenters. The maximum atomic E-state index is 12.8. The molecule has 3 aromatic rings. The van der Waals surface area contributed by atoms with Crippen LogP contribution in [0.2, 0.25) is 5.02 Å². The Morgan fingerprint density at radius 3 is 2.27 bits per heavy atom. The average Bonchev–Trinajstić information content (AvgIpc) is 2.73. The van der Waals surface area contributed by atoms with Gasteiger partial charge in [0, 0.05) is 24.1 Å². The van der Waals surface area contributed by atoms with Crippen molar-refractivity contribution in [3.63, 3.8) is 0 Å². The van der Waals surface area contributed by atoms with Gasteiger partial charge in [-0.15, -0.1) is 0 Å². The van der Waals surface area contributed by atoms with Crippen LogP contribution in [0.1, 0.15) is 34.6 Å². The lowest BCUT2D eigenvalue weighted by Gasteiger charge is -2.11. The topological polar surface area (TPSA) is 80.2 Å². The van der Waals surface area contributed by atoms with Crippen molar-refractivity contribution < 1.29 is 9.59 Å². The van der Waals surface area contributed by atoms with Gasteiger partial charge in [0.25, 0.3) is 17.4 Å². The molecule has 2 N–H and O–H groups in total. The van der Waals surface area contributed by atoms with Crippen LogP contribution in [0, 0.1) is 5.92 Å². The van der Waals surface area contributed by atoms with Crippen molar-refractivity contribution >= 4 is 29.1 Å². The normalized spacial score (nSPS) is 10.7. The minimum Gasteiger partial charge on any atom is -0.352 e. The van der Waals surface area contributed by atoms with Gasteiger partial charge in [-0.1, -0.05) is 37.6 Å². The minimum atomic E-state index is -0.411. The Balaban J connectivity index is 1.79. The third-order valence-electron chi connectivity index (χ3n) is 4.38. The summed E-state index contributed by atoms with van der Waals surface area (Å²) < 4.78 is 1.39. The van der Waals surface area contributed by atoms with Crippen LogP contribution in [-0.2, 0) is 0 Å². The monoisotopic (exact) mass is 423 g/mol. The maximum absolute atomic E-state index is 12.8. The molecule has 2 amide bonds. The van der Waals surface area contributed by atoms with Gasteiger partial charge in [0.1, 0.15) is 5.56 Å². The first-order valence-electron chi connectivity index (χ1n) is 9.53. The van der Waals surface area contributed by atoms with Crippen molar-refractivity contribution in [2.24, 2.45) is 5.92 Å². The molecule has 154 valence electrons. The van der Waals surface area contributed by atoms with Gasteiger partial charge in [0.2, 0.25) is 0 Å². The first-order chi connectivity index (χ1) is 14.4. The number of rotatable bonds is 6. The molecule has 0 saturated heterocycles. The third-order valence-corrected chi connectivity index (χ3v) is 4.71. The predicted octanol–water partition coefficient (Wildman–Crippen LogP) is 4.13. The van der Waals surface area contributed by atoms with E-state index >= 15 is 0 Å². The fraction of sp³-hybridized carbons (Fsp3) is 0.174. The molecule has 0 aliphatic heterocycles. The lowest BCUT2D eigenvalue weighted by molar-refractivity contribution is 0.0946. The Labute approximate surface area is 179 Å². The number of nitrogens with one attached hydrogen (secondary N) is 2. The number of carbonyl (C=O) groups is 2. The summed E-state index contributed by atoms with van der Waals surface area (Å²) in [5, 5.41) is 5.90. The van der Waals surface area contributed by atoms with Gasteiger partial charge in [0.05, 0.1) is 10.6 Å². The second kappa shape index (κ2) is 9.41. The zero-order valence-corrected chi connectivity index (χ0v) is 17.4. The molecule has 0 bridgehead atoms. The van der Waals surface area contributed by atoms with Gasteiger partial charge in [-0.05, 0) is 54.4 Å². The van der Waals surface area contributed by atoms with Crippen LogP contribution in [0.4, 0.5) is 5.69 Å². The highest BCUT2D eigenvalue weighted by atomic mass is 35.5. The zero-order chi connectivity index (χ0) is 21.7. The summed E-state index contributed by atoms with van der Waals surface area (Å²) >= 11 is 6.06. The Hall–Kier alpha value is -3.38. The van der Waals surface area contributed by atoms with Crippen LogP contribution < -0.4 is 16.2 Å². The highest BCUT2D eigenvalue weighted by molar-refractivity contribution is 6.34. The van der Waals surface area contributed by atoms with E-state index in [4.69, 9.17) is 11.6 Å². The molecule has 0 aliphatic rings. The number of anilines is 1. The van der Waals surface area contributed by atoms with Gasteiger partial charge in [-0.3, -0.25) is 19.0 Å². The van der Waals surface area contributed by atoms with Crippen LogP contribution >= 0.6 is 11.6 Å². The molecule has 0 spiro atoms. The van der Waals surface area contributed by atoms with E-state index in [9.17, 15) is 14.4 Å². The van der Waals surface area contributed by atoms with Crippen LogP contribution in [0.15, 0.2) is 71.7 Å². The standard InChI is InChI=1S/C23H22ClN3O3/c1-15(2)14-25-21(28)19-7-5-13-27(23(19)30)17-11-9-16(10-12-17)26-22(29)18-6-3-4-8-20(18)24/h3-13,15H,14H2,1-2H3,(H,25,28)(H,26,29). The van der Waals surface area contributed by atoms with Gasteiger partial charge in [-0.2, -0.15) is 0 Å².